The van der Waals surface area contributed by atoms with Crippen molar-refractivity contribution in [2.45, 2.75) is 45.2 Å². The first-order chi connectivity index (χ1) is 16.7. The van der Waals surface area contributed by atoms with E-state index in [1.165, 1.54) is 6.92 Å². The Morgan fingerprint density at radius 3 is 2.75 bits per heavy atom. The molecular formula is C25H25ClN4O6. The number of Topliss-reactive ketones (excluding diaryl/α,β-unsaturated/α-hetero) is 1. The van der Waals surface area contributed by atoms with Crippen LogP contribution in [0, 0.1) is 0 Å². The Morgan fingerprint density at radius 1 is 1.28 bits per heavy atom. The number of pyridine rings is 2. The molecule has 1 aromatic carbocycles. The molecule has 2 aliphatic heterocycles. The number of esters is 2. The van der Waals surface area contributed by atoms with Crippen molar-refractivity contribution < 1.29 is 23.9 Å². The Balaban J connectivity index is 0.00000304. The molecule has 36 heavy (non-hydrogen) atoms. The van der Waals surface area contributed by atoms with E-state index >= 15 is 0 Å². The summed E-state index contributed by atoms with van der Waals surface area (Å²) in [6.07, 6.45) is -0.999. The van der Waals surface area contributed by atoms with E-state index in [-0.39, 0.29) is 42.3 Å². The SMILES string of the molecule is CCC1(OC(=O)CN[C@H](N)C(C)=O)C(=O)OCc2c1cc1n(c2=O)Cc2cc3ccccc3nc2-1.Cl. The minimum absolute atomic E-state index is 0. The lowest BCUT2D eigenvalue weighted by Crippen LogP contribution is -2.50. The van der Waals surface area contributed by atoms with Crippen molar-refractivity contribution in [1.29, 1.82) is 0 Å². The maximum absolute atomic E-state index is 13.5. The molecule has 1 unspecified atom stereocenters. The zero-order valence-corrected chi connectivity index (χ0v) is 20.5. The number of hydrogen-bond acceptors (Lipinski definition) is 9. The molecule has 2 atom stereocenters. The number of nitrogens with zero attached hydrogens (tertiary/aromatic N) is 2. The van der Waals surface area contributed by atoms with Gasteiger partial charge in [0, 0.05) is 16.5 Å². The second-order valence-electron chi connectivity index (χ2n) is 8.70. The zero-order valence-electron chi connectivity index (χ0n) is 19.7. The van der Waals surface area contributed by atoms with Crippen LogP contribution in [0.5, 0.6) is 0 Å². The molecule has 4 heterocycles. The highest BCUT2D eigenvalue weighted by molar-refractivity contribution is 5.89. The number of hydrogen-bond donors (Lipinski definition) is 2. The molecule has 11 heteroatoms. The van der Waals surface area contributed by atoms with Crippen LogP contribution in [0.1, 0.15) is 37.0 Å². The van der Waals surface area contributed by atoms with Gasteiger partial charge in [0.1, 0.15) is 12.8 Å². The van der Waals surface area contributed by atoms with Gasteiger partial charge < -0.3 is 19.8 Å². The van der Waals surface area contributed by atoms with Crippen molar-refractivity contribution in [3.63, 3.8) is 0 Å². The Hall–Kier alpha value is -3.60. The molecule has 10 nitrogen and oxygen atoms in total. The Morgan fingerprint density at radius 2 is 2.03 bits per heavy atom. The van der Waals surface area contributed by atoms with Crippen LogP contribution in [-0.4, -0.2) is 40.0 Å². The average molecular weight is 513 g/mol. The molecule has 2 aromatic heterocycles. The minimum atomic E-state index is -1.80. The first kappa shape index (κ1) is 25.5. The molecule has 0 bridgehead atoms. The van der Waals surface area contributed by atoms with Gasteiger partial charge in [0.15, 0.2) is 5.78 Å². The zero-order chi connectivity index (χ0) is 24.9. The van der Waals surface area contributed by atoms with Crippen molar-refractivity contribution in [2.75, 3.05) is 6.54 Å². The van der Waals surface area contributed by atoms with Gasteiger partial charge in [-0.05, 0) is 31.5 Å². The topological polar surface area (TPSA) is 143 Å². The molecule has 0 amide bonds. The fourth-order valence-corrected chi connectivity index (χ4v) is 4.65. The molecule has 2 aliphatic rings. The van der Waals surface area contributed by atoms with Crippen molar-refractivity contribution >= 4 is 41.0 Å². The molecule has 0 spiro atoms. The molecule has 188 valence electrons. The molecule has 3 aromatic rings. The van der Waals surface area contributed by atoms with Crippen molar-refractivity contribution in [2.24, 2.45) is 5.73 Å². The van der Waals surface area contributed by atoms with Gasteiger partial charge in [-0.3, -0.25) is 19.7 Å². The molecule has 5 rings (SSSR count). The summed E-state index contributed by atoms with van der Waals surface area (Å²) in [5.74, 6) is -1.92. The van der Waals surface area contributed by atoms with Crippen LogP contribution < -0.4 is 16.6 Å². The van der Waals surface area contributed by atoms with E-state index in [1.807, 2.05) is 30.3 Å². The van der Waals surface area contributed by atoms with E-state index in [0.29, 0.717) is 23.5 Å². The maximum Gasteiger partial charge on any atom is 0.355 e. The second-order valence-corrected chi connectivity index (χ2v) is 8.70. The Kier molecular flexibility index (Phi) is 6.70. The van der Waals surface area contributed by atoms with Gasteiger partial charge in [-0.15, -0.1) is 12.4 Å². The highest BCUT2D eigenvalue weighted by atomic mass is 35.5. The Bertz CT molecular complexity index is 1470. The lowest BCUT2D eigenvalue weighted by atomic mass is 9.85. The number of carbonyl (C=O) groups is 3. The van der Waals surface area contributed by atoms with Gasteiger partial charge in [0.2, 0.25) is 5.60 Å². The number of rotatable bonds is 6. The summed E-state index contributed by atoms with van der Waals surface area (Å²) in [5.41, 5.74) is 6.91. The fraction of sp³-hybridized carbons (Fsp3) is 0.320. The molecule has 0 aliphatic carbocycles. The number of para-hydroxylation sites is 1. The van der Waals surface area contributed by atoms with Crippen molar-refractivity contribution in [3.8, 4) is 11.4 Å². The third-order valence-electron chi connectivity index (χ3n) is 6.58. The molecule has 0 fully saturated rings. The quantitative estimate of drug-likeness (QED) is 0.290. The maximum atomic E-state index is 13.5. The number of nitrogens with one attached hydrogen (secondary N) is 1. The van der Waals surface area contributed by atoms with Gasteiger partial charge in [0.05, 0.1) is 35.6 Å². The van der Waals surface area contributed by atoms with Crippen molar-refractivity contribution in [1.82, 2.24) is 14.9 Å². The number of ketones is 1. The monoisotopic (exact) mass is 512 g/mol. The van der Waals surface area contributed by atoms with E-state index in [2.05, 4.69) is 5.32 Å². The molecular weight excluding hydrogens is 488 g/mol. The van der Waals surface area contributed by atoms with Gasteiger partial charge in [-0.25, -0.2) is 9.78 Å². The number of cyclic esters (lactones) is 1. The first-order valence-electron chi connectivity index (χ1n) is 11.3. The number of nitrogens with two attached hydrogens (primary N) is 1. The minimum Gasteiger partial charge on any atom is -0.457 e. The van der Waals surface area contributed by atoms with E-state index in [4.69, 9.17) is 20.2 Å². The van der Waals surface area contributed by atoms with E-state index < -0.39 is 30.3 Å². The number of fused-ring (bicyclic) bond motifs is 5. The van der Waals surface area contributed by atoms with E-state index in [1.54, 1.807) is 17.6 Å². The number of carbonyl (C=O) groups excluding carboxylic acids is 3. The average Bonchev–Trinajstić information content (AvgIpc) is 3.20. The lowest BCUT2D eigenvalue weighted by molar-refractivity contribution is -0.189. The van der Waals surface area contributed by atoms with Gasteiger partial charge in [-0.1, -0.05) is 25.1 Å². The van der Waals surface area contributed by atoms with Crippen LogP contribution in [0.2, 0.25) is 0 Å². The summed E-state index contributed by atoms with van der Waals surface area (Å²) in [4.78, 5) is 55.3. The third-order valence-corrected chi connectivity index (χ3v) is 6.58. The fourth-order valence-electron chi connectivity index (χ4n) is 4.65. The largest absolute Gasteiger partial charge is 0.457 e. The number of benzene rings is 1. The standard InChI is InChI=1S/C25H24N4O6.ClH/c1-3-25(35-20(31)10-27-22(26)13(2)30)17-9-19-21-15(8-14-6-4-5-7-18(14)28-21)11-29(19)23(32)16(17)12-34-24(25)33;/h4-9,22,27H,3,10-12,26H2,1-2H3;1H/t22-,25?;/m0./s1. The van der Waals surface area contributed by atoms with Crippen LogP contribution in [0.4, 0.5) is 0 Å². The summed E-state index contributed by atoms with van der Waals surface area (Å²) in [5, 5.41) is 3.52. The van der Waals surface area contributed by atoms with Crippen LogP contribution in [0.3, 0.4) is 0 Å². The summed E-state index contributed by atoms with van der Waals surface area (Å²) in [6, 6.07) is 11.4. The number of ether oxygens (including phenoxy) is 2. The highest BCUT2D eigenvalue weighted by Crippen LogP contribution is 2.40. The summed E-state index contributed by atoms with van der Waals surface area (Å²) < 4.78 is 12.6. The smallest absolute Gasteiger partial charge is 0.355 e. The summed E-state index contributed by atoms with van der Waals surface area (Å²) in [6.45, 7) is 2.68. The highest BCUT2D eigenvalue weighted by Gasteiger charge is 2.50. The van der Waals surface area contributed by atoms with Crippen LogP contribution in [-0.2, 0) is 42.6 Å². The normalized spacial score (nSPS) is 18.4. The van der Waals surface area contributed by atoms with Gasteiger partial charge in [-0.2, -0.15) is 0 Å². The second kappa shape index (κ2) is 9.45. The van der Waals surface area contributed by atoms with Crippen LogP contribution in [0.25, 0.3) is 22.3 Å². The lowest BCUT2D eigenvalue weighted by Gasteiger charge is -2.35. The molecule has 0 radical (unpaired) electrons. The summed E-state index contributed by atoms with van der Waals surface area (Å²) >= 11 is 0. The number of aromatic nitrogens is 2. The Labute approximate surface area is 212 Å². The third kappa shape index (κ3) is 3.97. The van der Waals surface area contributed by atoms with Gasteiger partial charge >= 0.3 is 11.9 Å². The van der Waals surface area contributed by atoms with Crippen LogP contribution >= 0.6 is 12.4 Å². The van der Waals surface area contributed by atoms with Gasteiger partial charge in [0.25, 0.3) is 5.56 Å². The number of halogens is 1. The predicted molar refractivity (Wildman–Crippen MR) is 132 cm³/mol. The predicted octanol–water partition coefficient (Wildman–Crippen LogP) is 1.52. The van der Waals surface area contributed by atoms with Crippen molar-refractivity contribution in [3.05, 3.63) is 63.4 Å². The molecule has 3 N–H and O–H groups in total. The molecule has 0 saturated heterocycles. The summed E-state index contributed by atoms with van der Waals surface area (Å²) in [7, 11) is 0. The van der Waals surface area contributed by atoms with E-state index in [0.717, 1.165) is 16.5 Å². The molecule has 0 saturated carbocycles. The van der Waals surface area contributed by atoms with E-state index in [9.17, 15) is 19.2 Å². The first-order valence-corrected chi connectivity index (χ1v) is 11.3. The van der Waals surface area contributed by atoms with Crippen LogP contribution in [0.15, 0.2) is 41.2 Å².